The van der Waals surface area contributed by atoms with Gasteiger partial charge in [-0.15, -0.1) is 11.3 Å². The Balaban J connectivity index is 1.57. The Morgan fingerprint density at radius 3 is 2.85 bits per heavy atom. The molecule has 1 aromatic heterocycles. The maximum atomic E-state index is 12.2. The number of nitrogens with one attached hydrogen (secondary N) is 1. The summed E-state index contributed by atoms with van der Waals surface area (Å²) in [4.78, 5) is 18.8. The zero-order valence-electron chi connectivity index (χ0n) is 14.1. The van der Waals surface area contributed by atoms with E-state index in [1.54, 1.807) is 23.5 Å². The number of rotatable bonds is 6. The number of anilines is 1. The Bertz CT molecular complexity index is 915. The predicted molar refractivity (Wildman–Crippen MR) is 112 cm³/mol. The summed E-state index contributed by atoms with van der Waals surface area (Å²) in [6.07, 6.45) is 0. The van der Waals surface area contributed by atoms with Crippen molar-refractivity contribution >= 4 is 50.5 Å². The zero-order chi connectivity index (χ0) is 18.5. The van der Waals surface area contributed by atoms with Crippen molar-refractivity contribution in [1.29, 1.82) is 0 Å². The molecule has 0 aliphatic carbocycles. The monoisotopic (exact) mass is 449 g/mol. The fourth-order valence-corrected chi connectivity index (χ4v) is 3.85. The molecule has 0 radical (unpaired) electrons. The van der Waals surface area contributed by atoms with Gasteiger partial charge >= 0.3 is 0 Å². The van der Waals surface area contributed by atoms with Gasteiger partial charge in [0.2, 0.25) is 5.91 Å². The summed E-state index contributed by atoms with van der Waals surface area (Å²) in [5.74, 6) is -0.108. The van der Waals surface area contributed by atoms with E-state index in [9.17, 15) is 4.79 Å². The fourth-order valence-electron chi connectivity index (χ4n) is 2.46. The van der Waals surface area contributed by atoms with Crippen molar-refractivity contribution in [3.63, 3.8) is 0 Å². The molecule has 1 amide bonds. The second kappa shape index (κ2) is 8.77. The number of amides is 1. The highest BCUT2D eigenvalue weighted by Gasteiger charge is 2.11. The highest BCUT2D eigenvalue weighted by Crippen LogP contribution is 2.26. The number of thiazole rings is 1. The molecule has 0 saturated carbocycles. The minimum Gasteiger partial charge on any atom is -0.324 e. The Morgan fingerprint density at radius 2 is 2.08 bits per heavy atom. The van der Waals surface area contributed by atoms with Crippen LogP contribution in [0, 0.1) is 0 Å². The molecule has 2 aromatic carbocycles. The highest BCUT2D eigenvalue weighted by atomic mass is 79.9. The first-order valence-corrected chi connectivity index (χ1v) is 9.99. The molecular formula is C19H17BrClN3OS. The number of halogens is 2. The van der Waals surface area contributed by atoms with Gasteiger partial charge in [0, 0.05) is 22.0 Å². The van der Waals surface area contributed by atoms with Crippen LogP contribution in [0.5, 0.6) is 0 Å². The van der Waals surface area contributed by atoms with Crippen molar-refractivity contribution in [2.75, 3.05) is 18.9 Å². The van der Waals surface area contributed by atoms with Crippen LogP contribution in [-0.4, -0.2) is 29.4 Å². The molecule has 3 rings (SSSR count). The lowest BCUT2D eigenvalue weighted by molar-refractivity contribution is -0.117. The van der Waals surface area contributed by atoms with Gasteiger partial charge in [0.15, 0.2) is 0 Å². The van der Waals surface area contributed by atoms with E-state index >= 15 is 0 Å². The normalized spacial score (nSPS) is 10.9. The van der Waals surface area contributed by atoms with Crippen LogP contribution in [0.15, 0.2) is 58.4 Å². The number of benzene rings is 2. The first-order valence-electron chi connectivity index (χ1n) is 7.94. The molecule has 0 aliphatic rings. The van der Waals surface area contributed by atoms with E-state index in [0.29, 0.717) is 17.3 Å². The minimum atomic E-state index is -0.108. The Hall–Kier alpha value is -1.73. The van der Waals surface area contributed by atoms with Crippen molar-refractivity contribution in [2.24, 2.45) is 0 Å². The van der Waals surface area contributed by atoms with Crippen LogP contribution in [0.4, 0.5) is 5.69 Å². The zero-order valence-corrected chi connectivity index (χ0v) is 17.2. The molecule has 0 spiro atoms. The number of hydrogen-bond donors (Lipinski definition) is 1. The summed E-state index contributed by atoms with van der Waals surface area (Å²) < 4.78 is 1.03. The molecule has 7 heteroatoms. The van der Waals surface area contributed by atoms with Crippen LogP contribution >= 0.6 is 38.9 Å². The molecule has 0 fully saturated rings. The second-order valence-corrected chi connectivity index (χ2v) is 8.04. The molecule has 1 heterocycles. The van der Waals surface area contributed by atoms with Gasteiger partial charge < -0.3 is 5.32 Å². The van der Waals surface area contributed by atoms with Crippen LogP contribution in [0.2, 0.25) is 5.02 Å². The van der Waals surface area contributed by atoms with E-state index in [1.165, 1.54) is 0 Å². The van der Waals surface area contributed by atoms with Gasteiger partial charge in [0.25, 0.3) is 0 Å². The molecule has 4 nitrogen and oxygen atoms in total. The van der Waals surface area contributed by atoms with Gasteiger partial charge in [-0.25, -0.2) is 4.98 Å². The summed E-state index contributed by atoms with van der Waals surface area (Å²) >= 11 is 11.1. The largest absolute Gasteiger partial charge is 0.324 e. The number of para-hydroxylation sites is 1. The number of carbonyl (C=O) groups is 1. The van der Waals surface area contributed by atoms with Gasteiger partial charge in [0.1, 0.15) is 5.01 Å². The quantitative estimate of drug-likeness (QED) is 0.554. The van der Waals surface area contributed by atoms with Crippen LogP contribution < -0.4 is 5.32 Å². The molecule has 26 heavy (non-hydrogen) atoms. The number of likely N-dealkylation sites (N-methyl/N-ethyl adjacent to an activating group) is 1. The third kappa shape index (κ3) is 5.14. The van der Waals surface area contributed by atoms with Crippen LogP contribution in [0.1, 0.15) is 5.69 Å². The average Bonchev–Trinajstić information content (AvgIpc) is 3.05. The van der Waals surface area contributed by atoms with Crippen molar-refractivity contribution in [1.82, 2.24) is 9.88 Å². The SMILES string of the molecule is CN(CC(=O)Nc1ccccc1Cl)Cc1csc(-c2cccc(Br)c2)n1. The minimum absolute atomic E-state index is 0.108. The van der Waals surface area contributed by atoms with Crippen molar-refractivity contribution in [2.45, 2.75) is 6.54 Å². The summed E-state index contributed by atoms with van der Waals surface area (Å²) in [6.45, 7) is 0.857. The lowest BCUT2D eigenvalue weighted by Crippen LogP contribution is -2.30. The lowest BCUT2D eigenvalue weighted by Gasteiger charge is -2.15. The molecule has 0 aliphatic heterocycles. The van der Waals surface area contributed by atoms with E-state index in [2.05, 4.69) is 26.2 Å². The van der Waals surface area contributed by atoms with Crippen molar-refractivity contribution in [3.8, 4) is 10.6 Å². The molecule has 3 aromatic rings. The Morgan fingerprint density at radius 1 is 1.27 bits per heavy atom. The van der Waals surface area contributed by atoms with Gasteiger partial charge in [-0.1, -0.05) is 51.8 Å². The molecule has 134 valence electrons. The predicted octanol–water partition coefficient (Wildman–Crippen LogP) is 5.30. The maximum Gasteiger partial charge on any atom is 0.238 e. The second-order valence-electron chi connectivity index (χ2n) is 5.85. The third-order valence-corrected chi connectivity index (χ3v) is 5.38. The Kier molecular flexibility index (Phi) is 6.43. The van der Waals surface area contributed by atoms with E-state index in [0.717, 1.165) is 20.7 Å². The van der Waals surface area contributed by atoms with Gasteiger partial charge in [-0.2, -0.15) is 0 Å². The molecule has 0 bridgehead atoms. The van der Waals surface area contributed by atoms with Gasteiger partial charge in [-0.3, -0.25) is 9.69 Å². The highest BCUT2D eigenvalue weighted by molar-refractivity contribution is 9.10. The molecule has 0 unspecified atom stereocenters. The van der Waals surface area contributed by atoms with Crippen molar-refractivity contribution in [3.05, 3.63) is 69.1 Å². The summed E-state index contributed by atoms with van der Waals surface area (Å²) in [6, 6.07) is 15.3. The number of carbonyl (C=O) groups excluding carboxylic acids is 1. The van der Waals surface area contributed by atoms with E-state index < -0.39 is 0 Å². The van der Waals surface area contributed by atoms with Crippen LogP contribution in [0.3, 0.4) is 0 Å². The number of aromatic nitrogens is 1. The van der Waals surface area contributed by atoms with E-state index in [4.69, 9.17) is 11.6 Å². The molecular weight excluding hydrogens is 434 g/mol. The van der Waals surface area contributed by atoms with E-state index in [1.807, 2.05) is 53.7 Å². The van der Waals surface area contributed by atoms with Crippen LogP contribution in [-0.2, 0) is 11.3 Å². The van der Waals surface area contributed by atoms with Crippen LogP contribution in [0.25, 0.3) is 10.6 Å². The summed E-state index contributed by atoms with van der Waals surface area (Å²) in [7, 11) is 1.89. The number of hydrogen-bond acceptors (Lipinski definition) is 4. The van der Waals surface area contributed by atoms with Gasteiger partial charge in [-0.05, 0) is 31.3 Å². The van der Waals surface area contributed by atoms with Gasteiger partial charge in [0.05, 0.1) is 22.9 Å². The molecule has 0 saturated heterocycles. The fraction of sp³-hybridized carbons (Fsp3) is 0.158. The Labute approximate surface area is 170 Å². The summed E-state index contributed by atoms with van der Waals surface area (Å²) in [5.41, 5.74) is 2.64. The molecule has 1 N–H and O–H groups in total. The molecule has 0 atom stereocenters. The average molecular weight is 451 g/mol. The standard InChI is InChI=1S/C19H17BrClN3OS/c1-24(11-18(25)23-17-8-3-2-7-16(17)21)10-15-12-26-19(22-15)13-5-4-6-14(20)9-13/h2-9,12H,10-11H2,1H3,(H,23,25). The first kappa shape index (κ1) is 19.0. The topological polar surface area (TPSA) is 45.2 Å². The third-order valence-electron chi connectivity index (χ3n) is 3.62. The van der Waals surface area contributed by atoms with Crippen molar-refractivity contribution < 1.29 is 4.79 Å². The smallest absolute Gasteiger partial charge is 0.238 e. The maximum absolute atomic E-state index is 12.2. The summed E-state index contributed by atoms with van der Waals surface area (Å²) in [5, 5.41) is 6.35. The number of nitrogens with zero attached hydrogens (tertiary/aromatic N) is 2. The lowest BCUT2D eigenvalue weighted by atomic mass is 10.2. The first-order chi connectivity index (χ1) is 12.5. The van der Waals surface area contributed by atoms with E-state index in [-0.39, 0.29) is 12.5 Å².